The SMILES string of the molecule is CC.CN(CCOc1ccc(-c2ccc3c(c2)OCO3)cc1C(C)(C)C)CC(=O)O. The first-order chi connectivity index (χ1) is 14.2. The first-order valence-corrected chi connectivity index (χ1v) is 10.3. The summed E-state index contributed by atoms with van der Waals surface area (Å²) in [4.78, 5) is 12.5. The van der Waals surface area contributed by atoms with E-state index in [2.05, 4.69) is 26.8 Å². The minimum absolute atomic E-state index is 0.00145. The van der Waals surface area contributed by atoms with Crippen molar-refractivity contribution in [1.82, 2.24) is 4.90 Å². The van der Waals surface area contributed by atoms with Crippen molar-refractivity contribution in [3.63, 3.8) is 0 Å². The molecule has 3 rings (SSSR count). The minimum Gasteiger partial charge on any atom is -0.492 e. The lowest BCUT2D eigenvalue weighted by atomic mass is 9.84. The first kappa shape index (κ1) is 23.5. The van der Waals surface area contributed by atoms with Crippen LogP contribution in [0.25, 0.3) is 11.1 Å². The van der Waals surface area contributed by atoms with Gasteiger partial charge in [-0.2, -0.15) is 0 Å². The molecule has 0 fully saturated rings. The van der Waals surface area contributed by atoms with Gasteiger partial charge in [0.2, 0.25) is 6.79 Å². The van der Waals surface area contributed by atoms with E-state index in [1.54, 1.807) is 11.9 Å². The van der Waals surface area contributed by atoms with Crippen LogP contribution in [0.1, 0.15) is 40.2 Å². The lowest BCUT2D eigenvalue weighted by molar-refractivity contribution is -0.138. The number of benzene rings is 2. The Bertz CT molecular complexity index is 857. The average molecular weight is 416 g/mol. The molecule has 30 heavy (non-hydrogen) atoms. The van der Waals surface area contributed by atoms with Crippen LogP contribution in [0.2, 0.25) is 0 Å². The second-order valence-corrected chi connectivity index (χ2v) is 8.01. The van der Waals surface area contributed by atoms with Gasteiger partial charge in [0.25, 0.3) is 0 Å². The highest BCUT2D eigenvalue weighted by molar-refractivity contribution is 5.70. The molecule has 0 spiro atoms. The van der Waals surface area contributed by atoms with E-state index in [4.69, 9.17) is 19.3 Å². The summed E-state index contributed by atoms with van der Waals surface area (Å²) in [6, 6.07) is 12.1. The number of ether oxygens (including phenoxy) is 3. The summed E-state index contributed by atoms with van der Waals surface area (Å²) in [5.74, 6) is 1.51. The van der Waals surface area contributed by atoms with Gasteiger partial charge in [-0.15, -0.1) is 0 Å². The number of carboxylic acid groups (broad SMARTS) is 1. The van der Waals surface area contributed by atoms with Crippen molar-refractivity contribution in [1.29, 1.82) is 0 Å². The van der Waals surface area contributed by atoms with Crippen LogP contribution in [-0.2, 0) is 10.2 Å². The van der Waals surface area contributed by atoms with E-state index in [0.29, 0.717) is 13.2 Å². The zero-order valence-corrected chi connectivity index (χ0v) is 18.8. The molecule has 2 aromatic carbocycles. The van der Waals surface area contributed by atoms with Gasteiger partial charge in [-0.3, -0.25) is 9.69 Å². The molecule has 0 radical (unpaired) electrons. The van der Waals surface area contributed by atoms with Crippen molar-refractivity contribution < 1.29 is 24.1 Å². The molecule has 1 N–H and O–H groups in total. The van der Waals surface area contributed by atoms with Gasteiger partial charge in [0.15, 0.2) is 11.5 Å². The molecular formula is C24H33NO5. The van der Waals surface area contributed by atoms with Gasteiger partial charge in [0.05, 0.1) is 6.54 Å². The number of carboxylic acids is 1. The fraction of sp³-hybridized carbons (Fsp3) is 0.458. The number of hydrogen-bond donors (Lipinski definition) is 1. The Hall–Kier alpha value is -2.73. The Balaban J connectivity index is 0.00000155. The molecule has 0 aromatic heterocycles. The van der Waals surface area contributed by atoms with Crippen LogP contribution in [0, 0.1) is 0 Å². The third-order valence-electron chi connectivity index (χ3n) is 4.63. The molecule has 0 saturated carbocycles. The van der Waals surface area contributed by atoms with Crippen molar-refractivity contribution in [2.24, 2.45) is 0 Å². The molecule has 1 heterocycles. The highest BCUT2D eigenvalue weighted by atomic mass is 16.7. The highest BCUT2D eigenvalue weighted by Crippen LogP contribution is 2.39. The maximum atomic E-state index is 10.8. The number of hydrogen-bond acceptors (Lipinski definition) is 5. The number of fused-ring (bicyclic) bond motifs is 1. The summed E-state index contributed by atoms with van der Waals surface area (Å²) in [5.41, 5.74) is 3.14. The van der Waals surface area contributed by atoms with E-state index in [1.807, 2.05) is 44.2 Å². The van der Waals surface area contributed by atoms with Crippen LogP contribution >= 0.6 is 0 Å². The molecule has 0 aliphatic carbocycles. The summed E-state index contributed by atoms with van der Waals surface area (Å²) >= 11 is 0. The van der Waals surface area contributed by atoms with Gasteiger partial charge >= 0.3 is 5.97 Å². The zero-order chi connectivity index (χ0) is 22.3. The Kier molecular flexibility index (Phi) is 8.12. The van der Waals surface area contributed by atoms with Gasteiger partial charge in [0, 0.05) is 12.1 Å². The van der Waals surface area contributed by atoms with Crippen molar-refractivity contribution in [3.8, 4) is 28.4 Å². The van der Waals surface area contributed by atoms with E-state index in [0.717, 1.165) is 33.9 Å². The summed E-state index contributed by atoms with van der Waals surface area (Å²) in [7, 11) is 1.77. The van der Waals surface area contributed by atoms with Crippen LogP contribution in [0.15, 0.2) is 36.4 Å². The van der Waals surface area contributed by atoms with Gasteiger partial charge < -0.3 is 19.3 Å². The van der Waals surface area contributed by atoms with Gasteiger partial charge in [-0.1, -0.05) is 46.8 Å². The van der Waals surface area contributed by atoms with Crippen LogP contribution in [-0.4, -0.2) is 49.5 Å². The molecule has 1 aliphatic rings. The molecule has 164 valence electrons. The number of nitrogens with zero attached hydrogens (tertiary/aromatic N) is 1. The van der Waals surface area contributed by atoms with Gasteiger partial charge in [-0.25, -0.2) is 0 Å². The standard InChI is InChI=1S/C22H27NO5.C2H6/c1-22(2,3)17-11-15(16-6-8-19-20(12-16)28-14-27-19)5-7-18(17)26-10-9-23(4)13-21(24)25;1-2/h5-8,11-12H,9-10,13-14H2,1-4H3,(H,24,25);1-2H3. The number of rotatable bonds is 7. The maximum absolute atomic E-state index is 10.8. The van der Waals surface area contributed by atoms with Gasteiger partial charge in [-0.05, 0) is 47.9 Å². The number of aliphatic carboxylic acids is 1. The maximum Gasteiger partial charge on any atom is 0.317 e. The van der Waals surface area contributed by atoms with E-state index in [1.165, 1.54) is 0 Å². The second-order valence-electron chi connectivity index (χ2n) is 8.01. The quantitative estimate of drug-likeness (QED) is 0.700. The topological polar surface area (TPSA) is 68.2 Å². The molecule has 0 bridgehead atoms. The molecule has 0 unspecified atom stereocenters. The first-order valence-electron chi connectivity index (χ1n) is 10.3. The Labute approximate surface area is 179 Å². The monoisotopic (exact) mass is 415 g/mol. The average Bonchev–Trinajstić information content (AvgIpc) is 3.16. The van der Waals surface area contributed by atoms with Gasteiger partial charge in [0.1, 0.15) is 12.4 Å². The predicted molar refractivity (Wildman–Crippen MR) is 119 cm³/mol. The molecule has 0 atom stereocenters. The zero-order valence-electron chi connectivity index (χ0n) is 18.8. The van der Waals surface area contributed by atoms with E-state index in [-0.39, 0.29) is 18.8 Å². The smallest absolute Gasteiger partial charge is 0.317 e. The molecule has 6 heteroatoms. The van der Waals surface area contributed by atoms with Crippen LogP contribution in [0.3, 0.4) is 0 Å². The largest absolute Gasteiger partial charge is 0.492 e. The Morgan fingerprint density at radius 1 is 1.07 bits per heavy atom. The third kappa shape index (κ3) is 6.13. The van der Waals surface area contributed by atoms with Crippen molar-refractivity contribution in [3.05, 3.63) is 42.0 Å². The molecule has 6 nitrogen and oxygen atoms in total. The fourth-order valence-corrected chi connectivity index (χ4v) is 3.12. The minimum atomic E-state index is -0.842. The summed E-state index contributed by atoms with van der Waals surface area (Å²) in [5, 5.41) is 8.85. The normalized spacial score (nSPS) is 12.4. The Morgan fingerprint density at radius 2 is 1.70 bits per heavy atom. The van der Waals surface area contributed by atoms with E-state index in [9.17, 15) is 4.79 Å². The molecular weight excluding hydrogens is 382 g/mol. The summed E-state index contributed by atoms with van der Waals surface area (Å²) in [6.07, 6.45) is 0. The van der Waals surface area contributed by atoms with Crippen molar-refractivity contribution >= 4 is 5.97 Å². The van der Waals surface area contributed by atoms with Crippen LogP contribution in [0.5, 0.6) is 17.2 Å². The van der Waals surface area contributed by atoms with Crippen LogP contribution < -0.4 is 14.2 Å². The van der Waals surface area contributed by atoms with Crippen molar-refractivity contribution in [2.45, 2.75) is 40.0 Å². The molecule has 1 aliphatic heterocycles. The fourth-order valence-electron chi connectivity index (χ4n) is 3.12. The van der Waals surface area contributed by atoms with E-state index < -0.39 is 5.97 Å². The van der Waals surface area contributed by atoms with Crippen LogP contribution in [0.4, 0.5) is 0 Å². The summed E-state index contributed by atoms with van der Waals surface area (Å²) in [6.45, 7) is 11.7. The number of likely N-dealkylation sites (N-methyl/N-ethyl adjacent to an activating group) is 1. The molecule has 2 aromatic rings. The van der Waals surface area contributed by atoms with E-state index >= 15 is 0 Å². The lowest BCUT2D eigenvalue weighted by Crippen LogP contribution is -2.30. The molecule has 0 saturated heterocycles. The second kappa shape index (κ2) is 10.3. The number of carbonyl (C=O) groups is 1. The Morgan fingerprint density at radius 3 is 2.37 bits per heavy atom. The molecule has 0 amide bonds. The highest BCUT2D eigenvalue weighted by Gasteiger charge is 2.21. The lowest BCUT2D eigenvalue weighted by Gasteiger charge is -2.24. The van der Waals surface area contributed by atoms with Crippen molar-refractivity contribution in [2.75, 3.05) is 33.5 Å². The third-order valence-corrected chi connectivity index (χ3v) is 4.63. The summed E-state index contributed by atoms with van der Waals surface area (Å²) < 4.78 is 16.9. The predicted octanol–water partition coefficient (Wildman–Crippen LogP) is 4.80.